The van der Waals surface area contributed by atoms with E-state index in [0.717, 1.165) is 44.3 Å². The van der Waals surface area contributed by atoms with Gasteiger partial charge in [0.05, 0.1) is 18.0 Å². The molecule has 0 bridgehead atoms. The van der Waals surface area contributed by atoms with E-state index in [-0.39, 0.29) is 10.8 Å². The molecule has 150 valence electrons. The number of amides is 1. The summed E-state index contributed by atoms with van der Waals surface area (Å²) in [5.41, 5.74) is 1.48. The number of carbonyl (C=O) groups excluding carboxylic acids is 1. The number of anilines is 1. The number of benzene rings is 1. The molecule has 7 heteroatoms. The number of piperidine rings is 2. The first kappa shape index (κ1) is 20.3. The molecule has 0 saturated carbocycles. The SMILES string of the molecule is Cc1ccc(S(=O)(=O)N2CCCCC2)cc1NC(=O)C[NH+]1CCC[C@H](C)C1. The lowest BCUT2D eigenvalue weighted by molar-refractivity contribution is -0.900. The van der Waals surface area contributed by atoms with Gasteiger partial charge in [-0.25, -0.2) is 8.42 Å². The van der Waals surface area contributed by atoms with E-state index >= 15 is 0 Å². The van der Waals surface area contributed by atoms with Crippen molar-refractivity contribution in [2.24, 2.45) is 5.92 Å². The third kappa shape index (κ3) is 5.09. The van der Waals surface area contributed by atoms with Gasteiger partial charge in [-0.1, -0.05) is 19.4 Å². The number of quaternary nitrogens is 1. The number of sulfonamides is 1. The number of hydrogen-bond acceptors (Lipinski definition) is 3. The number of aryl methyl sites for hydroxylation is 1. The van der Waals surface area contributed by atoms with Gasteiger partial charge in [-0.05, 0) is 50.3 Å². The highest BCUT2D eigenvalue weighted by molar-refractivity contribution is 7.89. The zero-order valence-electron chi connectivity index (χ0n) is 16.5. The topological polar surface area (TPSA) is 70.9 Å². The number of nitrogens with zero attached hydrogens (tertiary/aromatic N) is 1. The van der Waals surface area contributed by atoms with Crippen molar-refractivity contribution in [3.05, 3.63) is 23.8 Å². The van der Waals surface area contributed by atoms with E-state index < -0.39 is 10.0 Å². The Bertz CT molecular complexity index is 773. The first-order valence-electron chi connectivity index (χ1n) is 10.1. The lowest BCUT2D eigenvalue weighted by Gasteiger charge is -2.27. The molecular formula is C20H32N3O3S+. The minimum atomic E-state index is -3.49. The summed E-state index contributed by atoms with van der Waals surface area (Å²) in [7, 11) is -3.49. The maximum absolute atomic E-state index is 12.9. The standard InChI is InChI=1S/C20H31N3O3S/c1-16-7-6-10-22(14-16)15-20(24)21-19-13-18(9-8-17(19)2)27(25,26)23-11-4-3-5-12-23/h8-9,13,16H,3-7,10-12,14-15H2,1-2H3,(H,21,24)/p+1/t16-/m0/s1. The largest absolute Gasteiger partial charge is 0.327 e. The lowest BCUT2D eigenvalue weighted by Crippen LogP contribution is -3.14. The third-order valence-corrected chi connectivity index (χ3v) is 7.61. The second-order valence-electron chi connectivity index (χ2n) is 8.12. The van der Waals surface area contributed by atoms with Gasteiger partial charge in [0, 0.05) is 24.7 Å². The molecule has 6 nitrogen and oxygen atoms in total. The minimum absolute atomic E-state index is 0.0466. The van der Waals surface area contributed by atoms with Gasteiger partial charge in [0.1, 0.15) is 0 Å². The second kappa shape index (κ2) is 8.71. The molecule has 2 heterocycles. The van der Waals surface area contributed by atoms with Crippen molar-refractivity contribution in [2.75, 3.05) is 38.0 Å². The second-order valence-corrected chi connectivity index (χ2v) is 10.1. The quantitative estimate of drug-likeness (QED) is 0.794. The molecule has 3 rings (SSSR count). The zero-order chi connectivity index (χ0) is 19.4. The highest BCUT2D eigenvalue weighted by Crippen LogP contribution is 2.25. The number of carbonyl (C=O) groups is 1. The number of nitrogens with one attached hydrogen (secondary N) is 2. The molecule has 2 fully saturated rings. The normalized spacial score (nSPS) is 24.5. The van der Waals surface area contributed by atoms with Crippen molar-refractivity contribution in [3.63, 3.8) is 0 Å². The Kier molecular flexibility index (Phi) is 6.55. The molecule has 2 aliphatic heterocycles. The molecule has 1 aromatic rings. The Balaban J connectivity index is 1.70. The molecular weight excluding hydrogens is 362 g/mol. The summed E-state index contributed by atoms with van der Waals surface area (Å²) in [6.45, 7) is 7.77. The predicted molar refractivity (Wildman–Crippen MR) is 106 cm³/mol. The molecule has 1 aromatic carbocycles. The van der Waals surface area contributed by atoms with Gasteiger partial charge in [-0.2, -0.15) is 4.31 Å². The van der Waals surface area contributed by atoms with Crippen LogP contribution in [0.4, 0.5) is 5.69 Å². The summed E-state index contributed by atoms with van der Waals surface area (Å²) in [5.74, 6) is 0.607. The van der Waals surface area contributed by atoms with Crippen LogP contribution in [0.25, 0.3) is 0 Å². The number of likely N-dealkylation sites (tertiary alicyclic amines) is 1. The molecule has 2 atom stereocenters. The molecule has 1 amide bonds. The third-order valence-electron chi connectivity index (χ3n) is 5.71. The van der Waals surface area contributed by atoms with E-state index in [2.05, 4.69) is 12.2 Å². The van der Waals surface area contributed by atoms with E-state index in [1.165, 1.54) is 11.3 Å². The Morgan fingerprint density at radius 3 is 2.67 bits per heavy atom. The van der Waals surface area contributed by atoms with Crippen molar-refractivity contribution in [3.8, 4) is 0 Å². The van der Waals surface area contributed by atoms with Crippen molar-refractivity contribution in [2.45, 2.75) is 50.8 Å². The van der Waals surface area contributed by atoms with Gasteiger partial charge < -0.3 is 10.2 Å². The fraction of sp³-hybridized carbons (Fsp3) is 0.650. The van der Waals surface area contributed by atoms with Gasteiger partial charge in [0.2, 0.25) is 10.0 Å². The highest BCUT2D eigenvalue weighted by atomic mass is 32.2. The average molecular weight is 395 g/mol. The fourth-order valence-electron chi connectivity index (χ4n) is 4.13. The van der Waals surface area contributed by atoms with Crippen LogP contribution in [-0.2, 0) is 14.8 Å². The van der Waals surface area contributed by atoms with Crippen LogP contribution in [0.5, 0.6) is 0 Å². The molecule has 2 saturated heterocycles. The Morgan fingerprint density at radius 2 is 1.96 bits per heavy atom. The summed E-state index contributed by atoms with van der Waals surface area (Å²) in [5, 5.41) is 2.95. The van der Waals surface area contributed by atoms with E-state index in [9.17, 15) is 13.2 Å². The Morgan fingerprint density at radius 1 is 1.22 bits per heavy atom. The summed E-state index contributed by atoms with van der Waals surface area (Å²) < 4.78 is 27.4. The van der Waals surface area contributed by atoms with Gasteiger partial charge in [0.15, 0.2) is 6.54 Å². The monoisotopic (exact) mass is 394 g/mol. The highest BCUT2D eigenvalue weighted by Gasteiger charge is 2.27. The summed E-state index contributed by atoms with van der Waals surface area (Å²) in [4.78, 5) is 14.1. The van der Waals surface area contributed by atoms with Crippen molar-refractivity contribution < 1.29 is 18.1 Å². The average Bonchev–Trinajstić information content (AvgIpc) is 2.64. The van der Waals surface area contributed by atoms with Crippen LogP contribution in [0.2, 0.25) is 0 Å². The molecule has 0 aliphatic carbocycles. The molecule has 0 radical (unpaired) electrons. The first-order valence-corrected chi connectivity index (χ1v) is 11.5. The zero-order valence-corrected chi connectivity index (χ0v) is 17.3. The molecule has 1 unspecified atom stereocenters. The lowest BCUT2D eigenvalue weighted by atomic mass is 10.0. The van der Waals surface area contributed by atoms with Crippen LogP contribution in [0.1, 0.15) is 44.6 Å². The van der Waals surface area contributed by atoms with Crippen LogP contribution in [0.3, 0.4) is 0 Å². The molecule has 2 N–H and O–H groups in total. The number of hydrogen-bond donors (Lipinski definition) is 2. The van der Waals surface area contributed by atoms with E-state index in [0.29, 0.717) is 31.2 Å². The van der Waals surface area contributed by atoms with Crippen LogP contribution >= 0.6 is 0 Å². The van der Waals surface area contributed by atoms with Crippen molar-refractivity contribution in [1.82, 2.24) is 4.31 Å². The van der Waals surface area contributed by atoms with Crippen LogP contribution in [-0.4, -0.2) is 51.4 Å². The molecule has 27 heavy (non-hydrogen) atoms. The van der Waals surface area contributed by atoms with E-state index in [4.69, 9.17) is 0 Å². The van der Waals surface area contributed by atoms with Crippen molar-refractivity contribution >= 4 is 21.6 Å². The van der Waals surface area contributed by atoms with Gasteiger partial charge in [-0.15, -0.1) is 0 Å². The van der Waals surface area contributed by atoms with Gasteiger partial charge in [-0.3, -0.25) is 4.79 Å². The Labute approximate surface area is 163 Å². The van der Waals surface area contributed by atoms with Crippen LogP contribution in [0, 0.1) is 12.8 Å². The smallest absolute Gasteiger partial charge is 0.279 e. The molecule has 2 aliphatic rings. The summed E-state index contributed by atoms with van der Waals surface area (Å²) in [6.07, 6.45) is 5.29. The van der Waals surface area contributed by atoms with Gasteiger partial charge in [0.25, 0.3) is 5.91 Å². The molecule has 0 spiro atoms. The fourth-order valence-corrected chi connectivity index (χ4v) is 5.67. The van der Waals surface area contributed by atoms with Crippen LogP contribution < -0.4 is 10.2 Å². The molecule has 0 aromatic heterocycles. The maximum atomic E-state index is 12.9. The van der Waals surface area contributed by atoms with E-state index in [1.807, 2.05) is 6.92 Å². The van der Waals surface area contributed by atoms with Crippen LogP contribution in [0.15, 0.2) is 23.1 Å². The van der Waals surface area contributed by atoms with Crippen molar-refractivity contribution in [1.29, 1.82) is 0 Å². The van der Waals surface area contributed by atoms with Gasteiger partial charge >= 0.3 is 0 Å². The predicted octanol–water partition coefficient (Wildman–Crippen LogP) is 1.42. The maximum Gasteiger partial charge on any atom is 0.279 e. The summed E-state index contributed by atoms with van der Waals surface area (Å²) in [6, 6.07) is 5.04. The summed E-state index contributed by atoms with van der Waals surface area (Å²) >= 11 is 0. The number of rotatable bonds is 5. The first-order chi connectivity index (χ1) is 12.9. The van der Waals surface area contributed by atoms with E-state index in [1.54, 1.807) is 22.5 Å². The Hall–Kier alpha value is -1.44. The minimum Gasteiger partial charge on any atom is -0.327 e.